The zero-order chi connectivity index (χ0) is 15.7. The summed E-state index contributed by atoms with van der Waals surface area (Å²) in [7, 11) is 0. The monoisotopic (exact) mass is 323 g/mol. The van der Waals surface area contributed by atoms with E-state index in [1.54, 1.807) is 18.2 Å². The number of halogens is 4. The molecule has 0 amide bonds. The molecule has 0 bridgehead atoms. The maximum atomic E-state index is 12.9. The van der Waals surface area contributed by atoms with Crippen LogP contribution in [0.15, 0.2) is 64.5 Å². The highest BCUT2D eigenvalue weighted by Gasteiger charge is 2.30. The third-order valence-electron chi connectivity index (χ3n) is 3.07. The molecular weight excluding hydrogens is 314 g/mol. The van der Waals surface area contributed by atoms with E-state index in [0.29, 0.717) is 5.39 Å². The van der Waals surface area contributed by atoms with Crippen molar-refractivity contribution in [1.29, 1.82) is 0 Å². The summed E-state index contributed by atoms with van der Waals surface area (Å²) in [6.45, 7) is 0. The van der Waals surface area contributed by atoms with E-state index in [9.17, 15) is 17.6 Å². The number of aromatic nitrogens is 1. The van der Waals surface area contributed by atoms with E-state index in [1.807, 2.05) is 0 Å². The smallest absolute Gasteiger partial charge is 0.256 e. The van der Waals surface area contributed by atoms with Crippen molar-refractivity contribution < 1.29 is 17.6 Å². The molecule has 2 aromatic carbocycles. The quantitative estimate of drug-likeness (QED) is 0.574. The molecule has 112 valence electrons. The highest BCUT2D eigenvalue weighted by molar-refractivity contribution is 7.99. The number of alkyl halides is 3. The predicted octanol–water partition coefficient (Wildman–Crippen LogP) is 5.54. The van der Waals surface area contributed by atoms with E-state index in [2.05, 4.69) is 4.98 Å². The second-order valence-electron chi connectivity index (χ2n) is 4.59. The third kappa shape index (κ3) is 3.06. The lowest BCUT2D eigenvalue weighted by Crippen LogP contribution is -2.04. The SMILES string of the molecule is Fc1ccc(Sc2ccnc3cc(C(F)(F)F)ccc23)cc1. The number of hydrogen-bond acceptors (Lipinski definition) is 2. The van der Waals surface area contributed by atoms with Gasteiger partial charge in [-0.25, -0.2) is 4.39 Å². The van der Waals surface area contributed by atoms with Crippen molar-refractivity contribution in [2.45, 2.75) is 16.0 Å². The van der Waals surface area contributed by atoms with Crippen molar-refractivity contribution in [3.63, 3.8) is 0 Å². The van der Waals surface area contributed by atoms with Crippen LogP contribution in [0.2, 0.25) is 0 Å². The number of hydrogen-bond donors (Lipinski definition) is 0. The maximum absolute atomic E-state index is 12.9. The Morgan fingerprint density at radius 3 is 2.32 bits per heavy atom. The normalized spacial score (nSPS) is 11.8. The molecule has 0 N–H and O–H groups in total. The van der Waals surface area contributed by atoms with Gasteiger partial charge in [0.05, 0.1) is 11.1 Å². The van der Waals surface area contributed by atoms with Crippen LogP contribution in [0.1, 0.15) is 5.56 Å². The molecule has 0 fully saturated rings. The zero-order valence-corrected chi connectivity index (χ0v) is 11.9. The van der Waals surface area contributed by atoms with Gasteiger partial charge in [0.2, 0.25) is 0 Å². The zero-order valence-electron chi connectivity index (χ0n) is 11.1. The summed E-state index contributed by atoms with van der Waals surface area (Å²) in [6.07, 6.45) is -2.93. The third-order valence-corrected chi connectivity index (χ3v) is 4.16. The van der Waals surface area contributed by atoms with Gasteiger partial charge in [-0.1, -0.05) is 17.8 Å². The summed E-state index contributed by atoms with van der Waals surface area (Å²) in [5.41, 5.74) is -0.446. The summed E-state index contributed by atoms with van der Waals surface area (Å²) in [5.74, 6) is -0.334. The molecule has 3 rings (SSSR count). The molecule has 0 saturated heterocycles. The molecule has 22 heavy (non-hydrogen) atoms. The fourth-order valence-corrected chi connectivity index (χ4v) is 2.95. The summed E-state index contributed by atoms with van der Waals surface area (Å²) in [5, 5.41) is 0.629. The second-order valence-corrected chi connectivity index (χ2v) is 5.71. The minimum Gasteiger partial charge on any atom is -0.256 e. The summed E-state index contributed by atoms with van der Waals surface area (Å²) >= 11 is 1.35. The molecule has 1 nitrogen and oxygen atoms in total. The molecule has 0 saturated carbocycles. The van der Waals surface area contributed by atoms with Gasteiger partial charge in [0.15, 0.2) is 0 Å². The molecule has 1 heterocycles. The van der Waals surface area contributed by atoms with Gasteiger partial charge in [-0.2, -0.15) is 13.2 Å². The van der Waals surface area contributed by atoms with Crippen molar-refractivity contribution in [3.8, 4) is 0 Å². The van der Waals surface area contributed by atoms with E-state index in [-0.39, 0.29) is 11.3 Å². The van der Waals surface area contributed by atoms with Crippen LogP contribution in [0, 0.1) is 5.82 Å². The van der Waals surface area contributed by atoms with Crippen molar-refractivity contribution in [2.75, 3.05) is 0 Å². The van der Waals surface area contributed by atoms with Crippen LogP contribution >= 0.6 is 11.8 Å². The molecule has 0 atom stereocenters. The number of fused-ring (bicyclic) bond motifs is 1. The molecule has 0 unspecified atom stereocenters. The average molecular weight is 323 g/mol. The first-order valence-electron chi connectivity index (χ1n) is 6.33. The van der Waals surface area contributed by atoms with E-state index in [4.69, 9.17) is 0 Å². The molecule has 0 radical (unpaired) electrons. The van der Waals surface area contributed by atoms with Crippen LogP contribution in [0.5, 0.6) is 0 Å². The van der Waals surface area contributed by atoms with Crippen molar-refractivity contribution in [1.82, 2.24) is 4.98 Å². The van der Waals surface area contributed by atoms with Gasteiger partial charge < -0.3 is 0 Å². The predicted molar refractivity (Wildman–Crippen MR) is 77.3 cm³/mol. The number of pyridine rings is 1. The topological polar surface area (TPSA) is 12.9 Å². The molecular formula is C16H9F4NS. The Hall–Kier alpha value is -2.08. The Kier molecular flexibility index (Phi) is 3.78. The number of benzene rings is 2. The van der Waals surface area contributed by atoms with E-state index < -0.39 is 11.7 Å². The minimum absolute atomic E-state index is 0.280. The van der Waals surface area contributed by atoms with Gasteiger partial charge in [-0.15, -0.1) is 0 Å². The summed E-state index contributed by atoms with van der Waals surface area (Å²) in [6, 6.07) is 11.1. The maximum Gasteiger partial charge on any atom is 0.416 e. The summed E-state index contributed by atoms with van der Waals surface area (Å²) < 4.78 is 51.1. The average Bonchev–Trinajstić information content (AvgIpc) is 2.48. The van der Waals surface area contributed by atoms with Gasteiger partial charge in [-0.05, 0) is 42.5 Å². The van der Waals surface area contributed by atoms with E-state index in [1.165, 1.54) is 36.2 Å². The molecule has 0 aliphatic heterocycles. The van der Waals surface area contributed by atoms with Crippen molar-refractivity contribution in [3.05, 3.63) is 66.1 Å². The van der Waals surface area contributed by atoms with Gasteiger partial charge in [0.25, 0.3) is 0 Å². The Balaban J connectivity index is 2.02. The molecule has 0 aliphatic rings. The Morgan fingerprint density at radius 2 is 1.64 bits per heavy atom. The molecule has 3 aromatic rings. The number of nitrogens with zero attached hydrogens (tertiary/aromatic N) is 1. The highest BCUT2D eigenvalue weighted by atomic mass is 32.2. The highest BCUT2D eigenvalue weighted by Crippen LogP contribution is 2.36. The Morgan fingerprint density at radius 1 is 0.909 bits per heavy atom. The second kappa shape index (κ2) is 5.61. The van der Waals surface area contributed by atoms with Crippen LogP contribution in [0.3, 0.4) is 0 Å². The first-order chi connectivity index (χ1) is 10.4. The van der Waals surface area contributed by atoms with Crippen LogP contribution in [0.4, 0.5) is 17.6 Å². The minimum atomic E-state index is -4.39. The van der Waals surface area contributed by atoms with Crippen LogP contribution in [0.25, 0.3) is 10.9 Å². The molecule has 0 spiro atoms. The van der Waals surface area contributed by atoms with Crippen LogP contribution in [-0.2, 0) is 6.18 Å². The van der Waals surface area contributed by atoms with Gasteiger partial charge in [0, 0.05) is 21.4 Å². The lowest BCUT2D eigenvalue weighted by atomic mass is 10.1. The standard InChI is InChI=1S/C16H9F4NS/c17-11-2-4-12(5-3-11)22-15-7-8-21-14-9-10(16(18,19)20)1-6-13(14)15/h1-9H. The van der Waals surface area contributed by atoms with Crippen molar-refractivity contribution >= 4 is 22.7 Å². The largest absolute Gasteiger partial charge is 0.416 e. The fraction of sp³-hybridized carbons (Fsp3) is 0.0625. The van der Waals surface area contributed by atoms with Crippen LogP contribution < -0.4 is 0 Å². The first kappa shape index (κ1) is 14.8. The molecule has 0 aliphatic carbocycles. The Labute approximate surface area is 128 Å². The lowest BCUT2D eigenvalue weighted by molar-refractivity contribution is -0.137. The first-order valence-corrected chi connectivity index (χ1v) is 7.14. The van der Waals surface area contributed by atoms with Crippen molar-refractivity contribution in [2.24, 2.45) is 0 Å². The van der Waals surface area contributed by atoms with E-state index >= 15 is 0 Å². The Bertz CT molecular complexity index is 812. The lowest BCUT2D eigenvalue weighted by Gasteiger charge is -2.09. The molecule has 1 aromatic heterocycles. The number of rotatable bonds is 2. The van der Waals surface area contributed by atoms with E-state index in [0.717, 1.165) is 21.9 Å². The van der Waals surface area contributed by atoms with Crippen LogP contribution in [-0.4, -0.2) is 4.98 Å². The fourth-order valence-electron chi connectivity index (χ4n) is 2.02. The van der Waals surface area contributed by atoms with Gasteiger partial charge in [-0.3, -0.25) is 4.98 Å². The van der Waals surface area contributed by atoms with Gasteiger partial charge >= 0.3 is 6.18 Å². The molecule has 6 heteroatoms. The van der Waals surface area contributed by atoms with Gasteiger partial charge in [0.1, 0.15) is 5.82 Å². The summed E-state index contributed by atoms with van der Waals surface area (Å²) in [4.78, 5) is 5.57.